The predicted octanol–water partition coefficient (Wildman–Crippen LogP) is 1.61. The average molecular weight is 248 g/mol. The van der Waals surface area contributed by atoms with Crippen LogP contribution in [0.1, 0.15) is 22.7 Å². The molecule has 0 amide bonds. The van der Waals surface area contributed by atoms with Gasteiger partial charge in [0.15, 0.2) is 0 Å². The average Bonchev–Trinajstić information content (AvgIpc) is 2.75. The normalized spacial score (nSPS) is 12.7. The first-order valence-corrected chi connectivity index (χ1v) is 5.80. The summed E-state index contributed by atoms with van der Waals surface area (Å²) in [6, 6.07) is 4.62. The van der Waals surface area contributed by atoms with E-state index < -0.39 is 0 Å². The van der Waals surface area contributed by atoms with E-state index in [0.29, 0.717) is 6.42 Å². The van der Waals surface area contributed by atoms with Gasteiger partial charge in [-0.2, -0.15) is 5.10 Å². The smallest absolute Gasteiger partial charge is 0.123 e. The molecule has 1 aromatic carbocycles. The highest BCUT2D eigenvalue weighted by Gasteiger charge is 2.14. The van der Waals surface area contributed by atoms with Crippen molar-refractivity contribution in [2.24, 2.45) is 12.9 Å². The van der Waals surface area contributed by atoms with Crippen molar-refractivity contribution in [3.8, 4) is 0 Å². The Hall–Kier alpha value is -1.72. The Morgan fingerprint density at radius 1 is 1.50 bits per heavy atom. The Balaban J connectivity index is 2.25. The van der Waals surface area contributed by atoms with Crippen molar-refractivity contribution in [1.29, 1.82) is 0 Å². The van der Waals surface area contributed by atoms with Gasteiger partial charge in [0, 0.05) is 13.2 Å². The molecule has 96 valence electrons. The number of halogens is 1. The molecule has 0 aliphatic carbocycles. The molecule has 0 aliphatic heterocycles. The number of hydrogen-bond acceptors (Lipinski definition) is 3. The third-order valence-corrected chi connectivity index (χ3v) is 3.02. The first kappa shape index (κ1) is 12.7. The lowest BCUT2D eigenvalue weighted by Crippen LogP contribution is -2.30. The van der Waals surface area contributed by atoms with Gasteiger partial charge in [0.2, 0.25) is 0 Å². The highest BCUT2D eigenvalue weighted by Crippen LogP contribution is 2.21. The molecular weight excluding hydrogens is 231 g/mol. The van der Waals surface area contributed by atoms with Crippen LogP contribution >= 0.6 is 0 Å². The molecule has 1 atom stereocenters. The summed E-state index contributed by atoms with van der Waals surface area (Å²) in [5.74, 6) is 5.33. The van der Waals surface area contributed by atoms with Gasteiger partial charge in [-0.15, -0.1) is 0 Å². The second-order valence-corrected chi connectivity index (χ2v) is 4.45. The first-order valence-electron chi connectivity index (χ1n) is 5.80. The molecule has 4 nitrogen and oxygen atoms in total. The largest absolute Gasteiger partial charge is 0.276 e. The van der Waals surface area contributed by atoms with Crippen molar-refractivity contribution in [2.75, 3.05) is 0 Å². The second kappa shape index (κ2) is 5.29. The Morgan fingerprint density at radius 3 is 2.89 bits per heavy atom. The molecule has 0 saturated heterocycles. The zero-order chi connectivity index (χ0) is 13.1. The molecule has 18 heavy (non-hydrogen) atoms. The van der Waals surface area contributed by atoms with E-state index in [1.54, 1.807) is 16.9 Å². The van der Waals surface area contributed by atoms with E-state index in [9.17, 15) is 4.39 Å². The summed E-state index contributed by atoms with van der Waals surface area (Å²) >= 11 is 0. The summed E-state index contributed by atoms with van der Waals surface area (Å²) in [6.07, 6.45) is 4.40. The van der Waals surface area contributed by atoms with Crippen molar-refractivity contribution >= 4 is 0 Å². The van der Waals surface area contributed by atoms with Gasteiger partial charge >= 0.3 is 0 Å². The van der Waals surface area contributed by atoms with Crippen LogP contribution in [0, 0.1) is 12.7 Å². The number of nitrogens with one attached hydrogen (secondary N) is 1. The zero-order valence-electron chi connectivity index (χ0n) is 10.5. The summed E-state index contributed by atoms with van der Waals surface area (Å²) in [7, 11) is 1.86. The molecule has 1 aromatic heterocycles. The van der Waals surface area contributed by atoms with E-state index in [0.717, 1.165) is 16.7 Å². The van der Waals surface area contributed by atoms with Gasteiger partial charge in [-0.25, -0.2) is 4.39 Å². The summed E-state index contributed by atoms with van der Waals surface area (Å²) in [5.41, 5.74) is 5.69. The number of benzene rings is 1. The number of hydrazine groups is 1. The fourth-order valence-corrected chi connectivity index (χ4v) is 2.06. The van der Waals surface area contributed by atoms with Crippen LogP contribution in [0.25, 0.3) is 0 Å². The van der Waals surface area contributed by atoms with Gasteiger partial charge in [0.25, 0.3) is 0 Å². The minimum atomic E-state index is -0.248. The number of aryl methyl sites for hydroxylation is 2. The third kappa shape index (κ3) is 2.75. The van der Waals surface area contributed by atoms with Crippen LogP contribution < -0.4 is 11.3 Å². The molecule has 3 N–H and O–H groups in total. The maximum Gasteiger partial charge on any atom is 0.123 e. The highest BCUT2D eigenvalue weighted by atomic mass is 19.1. The van der Waals surface area contributed by atoms with E-state index in [1.165, 1.54) is 12.1 Å². The van der Waals surface area contributed by atoms with Gasteiger partial charge in [0.1, 0.15) is 5.82 Å². The van der Waals surface area contributed by atoms with Gasteiger partial charge in [-0.3, -0.25) is 16.0 Å². The van der Waals surface area contributed by atoms with Crippen molar-refractivity contribution < 1.29 is 4.39 Å². The topological polar surface area (TPSA) is 55.9 Å². The summed E-state index contributed by atoms with van der Waals surface area (Å²) in [4.78, 5) is 0. The molecular formula is C13H17FN4. The Bertz CT molecular complexity index is 536. The van der Waals surface area contributed by atoms with Crippen LogP contribution in [0.15, 0.2) is 30.6 Å². The Labute approximate surface area is 106 Å². The van der Waals surface area contributed by atoms with Crippen LogP contribution in [0.2, 0.25) is 0 Å². The minimum Gasteiger partial charge on any atom is -0.276 e. The van der Waals surface area contributed by atoms with E-state index in [2.05, 4.69) is 10.5 Å². The third-order valence-electron chi connectivity index (χ3n) is 3.02. The van der Waals surface area contributed by atoms with Crippen molar-refractivity contribution in [3.63, 3.8) is 0 Å². The minimum absolute atomic E-state index is 0.120. The summed E-state index contributed by atoms with van der Waals surface area (Å²) in [6.45, 7) is 1.95. The molecule has 2 aromatic rings. The molecule has 0 fully saturated rings. The zero-order valence-corrected chi connectivity index (χ0v) is 10.5. The number of nitrogens with zero attached hydrogens (tertiary/aromatic N) is 2. The number of nitrogens with two attached hydrogens (primary N) is 1. The summed E-state index contributed by atoms with van der Waals surface area (Å²) in [5, 5.41) is 4.11. The number of hydrogen-bond donors (Lipinski definition) is 2. The predicted molar refractivity (Wildman–Crippen MR) is 68.1 cm³/mol. The molecule has 5 heteroatoms. The molecule has 1 unspecified atom stereocenters. The lowest BCUT2D eigenvalue weighted by molar-refractivity contribution is 0.541. The molecule has 0 saturated carbocycles. The van der Waals surface area contributed by atoms with Crippen LogP contribution in [0.4, 0.5) is 4.39 Å². The van der Waals surface area contributed by atoms with Crippen molar-refractivity contribution in [3.05, 3.63) is 53.1 Å². The Morgan fingerprint density at radius 2 is 2.28 bits per heavy atom. The van der Waals surface area contributed by atoms with E-state index in [1.807, 2.05) is 20.2 Å². The van der Waals surface area contributed by atoms with E-state index >= 15 is 0 Å². The molecule has 0 radical (unpaired) electrons. The molecule has 1 heterocycles. The monoisotopic (exact) mass is 248 g/mol. The summed E-state index contributed by atoms with van der Waals surface area (Å²) < 4.78 is 15.0. The first-order chi connectivity index (χ1) is 8.60. The standard InChI is InChI=1S/C13H17FN4/c1-9-3-4-11(14)6-12(9)13(17-15)5-10-7-16-18(2)8-10/h3-4,6-8,13,17H,5,15H2,1-2H3. The fraction of sp³-hybridized carbons (Fsp3) is 0.308. The Kier molecular flexibility index (Phi) is 3.74. The van der Waals surface area contributed by atoms with Gasteiger partial charge < -0.3 is 0 Å². The lowest BCUT2D eigenvalue weighted by atomic mass is 9.97. The maximum atomic E-state index is 13.3. The number of rotatable bonds is 4. The molecule has 0 aliphatic rings. The molecule has 0 spiro atoms. The van der Waals surface area contributed by atoms with E-state index in [-0.39, 0.29) is 11.9 Å². The molecule has 0 bridgehead atoms. The van der Waals surface area contributed by atoms with Crippen LogP contribution in [0.3, 0.4) is 0 Å². The van der Waals surface area contributed by atoms with Crippen LogP contribution in [-0.2, 0) is 13.5 Å². The highest BCUT2D eigenvalue weighted by molar-refractivity contribution is 5.30. The second-order valence-electron chi connectivity index (χ2n) is 4.45. The van der Waals surface area contributed by atoms with Crippen molar-refractivity contribution in [1.82, 2.24) is 15.2 Å². The van der Waals surface area contributed by atoms with E-state index in [4.69, 9.17) is 5.84 Å². The maximum absolute atomic E-state index is 13.3. The van der Waals surface area contributed by atoms with Crippen LogP contribution in [-0.4, -0.2) is 9.78 Å². The number of aromatic nitrogens is 2. The van der Waals surface area contributed by atoms with Gasteiger partial charge in [-0.05, 0) is 42.2 Å². The quantitative estimate of drug-likeness (QED) is 0.638. The van der Waals surface area contributed by atoms with Gasteiger partial charge in [0.05, 0.1) is 12.2 Å². The SMILES string of the molecule is Cc1ccc(F)cc1C(Cc1cnn(C)c1)NN. The molecule has 2 rings (SSSR count). The lowest BCUT2D eigenvalue weighted by Gasteiger charge is -2.18. The fourth-order valence-electron chi connectivity index (χ4n) is 2.06. The van der Waals surface area contributed by atoms with Crippen molar-refractivity contribution in [2.45, 2.75) is 19.4 Å². The van der Waals surface area contributed by atoms with Crippen LogP contribution in [0.5, 0.6) is 0 Å². The van der Waals surface area contributed by atoms with Gasteiger partial charge in [-0.1, -0.05) is 6.07 Å².